The molecule has 12 heavy (non-hydrogen) atoms. The van der Waals surface area contributed by atoms with E-state index in [9.17, 15) is 0 Å². The first-order chi connectivity index (χ1) is 5.59. The second kappa shape index (κ2) is 4.03. The molecule has 0 aliphatic rings. The lowest BCUT2D eigenvalue weighted by molar-refractivity contribution is 0.558. The van der Waals surface area contributed by atoms with Gasteiger partial charge in [-0.1, -0.05) is 13.8 Å². The van der Waals surface area contributed by atoms with Crippen molar-refractivity contribution in [2.24, 2.45) is 13.0 Å². The number of nitrogens with zero attached hydrogens (tertiary/aromatic N) is 3. The van der Waals surface area contributed by atoms with E-state index in [1.54, 1.807) is 0 Å². The van der Waals surface area contributed by atoms with Gasteiger partial charge in [-0.15, -0.1) is 5.10 Å². The van der Waals surface area contributed by atoms with Crippen LogP contribution in [0.5, 0.6) is 0 Å². The Morgan fingerprint density at radius 3 is 2.58 bits per heavy atom. The minimum absolute atomic E-state index is 0.684. The van der Waals surface area contributed by atoms with E-state index >= 15 is 0 Å². The number of aromatic nitrogens is 3. The Bertz CT molecular complexity index is 255. The molecule has 0 saturated heterocycles. The Balaban J connectivity index is 2.57. The predicted molar refractivity (Wildman–Crippen MR) is 51.9 cm³/mol. The maximum atomic E-state index is 4.25. The monoisotopic (exact) mass is 231 g/mol. The maximum Gasteiger partial charge on any atom is 0.217 e. The predicted octanol–water partition coefficient (Wildman–Crippen LogP) is 2.17. The summed E-state index contributed by atoms with van der Waals surface area (Å²) in [6, 6.07) is 0. The van der Waals surface area contributed by atoms with E-state index in [1.807, 2.05) is 11.7 Å². The largest absolute Gasteiger partial charge is 0.252 e. The molecule has 4 heteroatoms. The Morgan fingerprint density at radius 2 is 2.17 bits per heavy atom. The van der Waals surface area contributed by atoms with Crippen LogP contribution in [0, 0.1) is 5.92 Å². The average molecular weight is 232 g/mol. The van der Waals surface area contributed by atoms with Gasteiger partial charge in [0.25, 0.3) is 0 Å². The van der Waals surface area contributed by atoms with Crippen molar-refractivity contribution in [2.75, 3.05) is 0 Å². The first-order valence-electron chi connectivity index (χ1n) is 4.15. The fraction of sp³-hybridized carbons (Fsp3) is 0.750. The number of rotatable bonds is 3. The van der Waals surface area contributed by atoms with Crippen LogP contribution in [0.1, 0.15) is 26.1 Å². The molecule has 1 heterocycles. The molecule has 1 rings (SSSR count). The zero-order valence-corrected chi connectivity index (χ0v) is 9.30. The summed E-state index contributed by atoms with van der Waals surface area (Å²) in [5.41, 5.74) is 0. The number of hydrogen-bond acceptors (Lipinski definition) is 2. The van der Waals surface area contributed by atoms with Crippen LogP contribution in [-0.2, 0) is 13.5 Å². The summed E-state index contributed by atoms with van der Waals surface area (Å²) in [5.74, 6) is 1.77. The zero-order valence-electron chi connectivity index (χ0n) is 7.71. The highest BCUT2D eigenvalue weighted by Gasteiger charge is 2.04. The summed E-state index contributed by atoms with van der Waals surface area (Å²) in [5, 5.41) is 4.11. The lowest BCUT2D eigenvalue weighted by Gasteiger charge is -2.02. The van der Waals surface area contributed by atoms with Crippen molar-refractivity contribution in [3.63, 3.8) is 0 Å². The third-order valence-corrected chi connectivity index (χ3v) is 2.11. The van der Waals surface area contributed by atoms with Crippen molar-refractivity contribution < 1.29 is 0 Å². The molecule has 3 nitrogen and oxygen atoms in total. The standard InChI is InChI=1S/C8H14BrN3/c1-6(2)4-5-7-10-8(9)11-12(7)3/h6H,4-5H2,1-3H3. The molecule has 0 bridgehead atoms. The van der Waals surface area contributed by atoms with E-state index in [1.165, 1.54) is 6.42 Å². The highest BCUT2D eigenvalue weighted by atomic mass is 79.9. The summed E-state index contributed by atoms with van der Waals surface area (Å²) in [6.45, 7) is 4.43. The van der Waals surface area contributed by atoms with Crippen molar-refractivity contribution in [1.29, 1.82) is 0 Å². The molecule has 0 fully saturated rings. The van der Waals surface area contributed by atoms with Crippen LogP contribution in [0.3, 0.4) is 0 Å². The lowest BCUT2D eigenvalue weighted by Crippen LogP contribution is -2.01. The van der Waals surface area contributed by atoms with Crippen molar-refractivity contribution in [3.05, 3.63) is 10.6 Å². The third kappa shape index (κ3) is 2.59. The quantitative estimate of drug-likeness (QED) is 0.799. The second-order valence-corrected chi connectivity index (χ2v) is 4.06. The first kappa shape index (κ1) is 9.71. The van der Waals surface area contributed by atoms with Gasteiger partial charge < -0.3 is 0 Å². The van der Waals surface area contributed by atoms with Crippen molar-refractivity contribution in [2.45, 2.75) is 26.7 Å². The summed E-state index contributed by atoms with van der Waals surface area (Å²) in [7, 11) is 1.92. The third-order valence-electron chi connectivity index (χ3n) is 1.77. The van der Waals surface area contributed by atoms with Gasteiger partial charge in [-0.2, -0.15) is 0 Å². The molecule has 0 atom stereocenters. The summed E-state index contributed by atoms with van der Waals surface area (Å²) in [4.78, 5) is 4.25. The van der Waals surface area contributed by atoms with Gasteiger partial charge in [0.1, 0.15) is 5.82 Å². The Hall–Kier alpha value is -0.380. The van der Waals surface area contributed by atoms with Crippen molar-refractivity contribution >= 4 is 15.9 Å². The normalized spacial score (nSPS) is 11.1. The molecular weight excluding hydrogens is 218 g/mol. The fourth-order valence-electron chi connectivity index (χ4n) is 1.02. The molecule has 0 aliphatic heterocycles. The molecule has 68 valence electrons. The van der Waals surface area contributed by atoms with Crippen LogP contribution < -0.4 is 0 Å². The highest BCUT2D eigenvalue weighted by Crippen LogP contribution is 2.09. The van der Waals surface area contributed by atoms with Gasteiger partial charge in [-0.3, -0.25) is 4.68 Å². The number of halogens is 1. The molecule has 0 aliphatic carbocycles. The summed E-state index contributed by atoms with van der Waals surface area (Å²) in [6.07, 6.45) is 2.17. The van der Waals surface area contributed by atoms with Gasteiger partial charge in [0.15, 0.2) is 0 Å². The van der Waals surface area contributed by atoms with Gasteiger partial charge in [0, 0.05) is 13.5 Å². The lowest BCUT2D eigenvalue weighted by atomic mass is 10.1. The fourth-order valence-corrected chi connectivity index (χ4v) is 1.46. The van der Waals surface area contributed by atoms with E-state index in [2.05, 4.69) is 39.9 Å². The van der Waals surface area contributed by atoms with E-state index < -0.39 is 0 Å². The van der Waals surface area contributed by atoms with Crippen LogP contribution in [0.4, 0.5) is 0 Å². The SMILES string of the molecule is CC(C)CCc1nc(Br)nn1C. The van der Waals surface area contributed by atoms with E-state index in [-0.39, 0.29) is 0 Å². The Labute approximate surface area is 81.3 Å². The summed E-state index contributed by atoms with van der Waals surface area (Å²) >= 11 is 3.25. The van der Waals surface area contributed by atoms with Crippen LogP contribution in [0.25, 0.3) is 0 Å². The number of hydrogen-bond donors (Lipinski definition) is 0. The molecule has 0 spiro atoms. The molecule has 0 aromatic carbocycles. The molecule has 1 aromatic rings. The highest BCUT2D eigenvalue weighted by molar-refractivity contribution is 9.10. The van der Waals surface area contributed by atoms with Crippen LogP contribution in [-0.4, -0.2) is 14.8 Å². The molecule has 0 radical (unpaired) electrons. The molecular formula is C8H14BrN3. The molecule has 0 amide bonds. The molecule has 0 N–H and O–H groups in total. The van der Waals surface area contributed by atoms with E-state index in [4.69, 9.17) is 0 Å². The zero-order chi connectivity index (χ0) is 9.14. The van der Waals surface area contributed by atoms with Crippen LogP contribution in [0.15, 0.2) is 4.73 Å². The van der Waals surface area contributed by atoms with Crippen LogP contribution >= 0.6 is 15.9 Å². The average Bonchev–Trinajstić information content (AvgIpc) is 2.26. The number of aryl methyl sites for hydroxylation is 2. The maximum absolute atomic E-state index is 4.25. The van der Waals surface area contributed by atoms with Gasteiger partial charge in [-0.25, -0.2) is 4.98 Å². The Morgan fingerprint density at radius 1 is 1.50 bits per heavy atom. The van der Waals surface area contributed by atoms with Gasteiger partial charge in [-0.05, 0) is 28.3 Å². The van der Waals surface area contributed by atoms with Crippen molar-refractivity contribution in [1.82, 2.24) is 14.8 Å². The van der Waals surface area contributed by atoms with E-state index in [0.717, 1.165) is 18.2 Å². The molecule has 0 saturated carbocycles. The van der Waals surface area contributed by atoms with Gasteiger partial charge in [0.05, 0.1) is 0 Å². The van der Waals surface area contributed by atoms with Crippen LogP contribution in [0.2, 0.25) is 0 Å². The Kier molecular flexibility index (Phi) is 3.26. The van der Waals surface area contributed by atoms with Crippen molar-refractivity contribution in [3.8, 4) is 0 Å². The first-order valence-corrected chi connectivity index (χ1v) is 4.94. The molecule has 1 aromatic heterocycles. The molecule has 0 unspecified atom stereocenters. The van der Waals surface area contributed by atoms with Gasteiger partial charge >= 0.3 is 0 Å². The smallest absolute Gasteiger partial charge is 0.217 e. The summed E-state index contributed by atoms with van der Waals surface area (Å²) < 4.78 is 2.51. The van der Waals surface area contributed by atoms with Gasteiger partial charge in [0.2, 0.25) is 4.73 Å². The minimum Gasteiger partial charge on any atom is -0.252 e. The van der Waals surface area contributed by atoms with E-state index in [0.29, 0.717) is 4.73 Å². The second-order valence-electron chi connectivity index (χ2n) is 3.35. The minimum atomic E-state index is 0.684. The topological polar surface area (TPSA) is 30.7 Å².